The average molecular weight is 381 g/mol. The second-order valence-corrected chi connectivity index (χ2v) is 8.72. The number of aliphatic imine (C=N–C) groups is 1. The van der Waals surface area contributed by atoms with Gasteiger partial charge in [-0.3, -0.25) is 9.79 Å². The van der Waals surface area contributed by atoms with Gasteiger partial charge >= 0.3 is 0 Å². The first kappa shape index (κ1) is 16.9. The Kier molecular flexibility index (Phi) is 3.86. The standard InChI is InChI=1S/C21H20FN3OS/c22-19-16(2-1-7-24-19)12-3-4-13-8-14-9-15(26)5-6-17(14)21(18(13)10-12)11-27-20(23)25-21/h1-4,7,10,14,17H,5-6,8-9,11H2,(H2,23,25)/t14-,17-,21?/m1/s1. The zero-order chi connectivity index (χ0) is 18.6. The molecule has 1 aliphatic heterocycles. The highest BCUT2D eigenvalue weighted by atomic mass is 32.2. The molecule has 5 rings (SSSR count). The predicted molar refractivity (Wildman–Crippen MR) is 105 cm³/mol. The molecule has 4 nitrogen and oxygen atoms in total. The Morgan fingerprint density at radius 2 is 2.15 bits per heavy atom. The van der Waals surface area contributed by atoms with Crippen LogP contribution in [0.4, 0.5) is 4.39 Å². The number of hydrogen-bond acceptors (Lipinski definition) is 5. The lowest BCUT2D eigenvalue weighted by atomic mass is 9.60. The number of ketones is 1. The van der Waals surface area contributed by atoms with E-state index in [-0.39, 0.29) is 0 Å². The number of pyridine rings is 1. The largest absolute Gasteiger partial charge is 0.379 e. The molecule has 1 fully saturated rings. The molecule has 1 saturated carbocycles. The molecule has 1 unspecified atom stereocenters. The van der Waals surface area contributed by atoms with E-state index in [4.69, 9.17) is 10.7 Å². The van der Waals surface area contributed by atoms with Gasteiger partial charge in [0, 0.05) is 30.4 Å². The summed E-state index contributed by atoms with van der Waals surface area (Å²) in [5.74, 6) is 1.30. The summed E-state index contributed by atoms with van der Waals surface area (Å²) in [6.07, 6.45) is 4.44. The van der Waals surface area contributed by atoms with Crippen molar-refractivity contribution in [1.29, 1.82) is 0 Å². The number of nitrogens with two attached hydrogens (primary N) is 1. The fourth-order valence-corrected chi connectivity index (χ4v) is 6.14. The van der Waals surface area contributed by atoms with Crippen molar-refractivity contribution >= 4 is 22.7 Å². The molecule has 0 bridgehead atoms. The second kappa shape index (κ2) is 6.16. The molecule has 3 atom stereocenters. The molecule has 1 spiro atoms. The normalized spacial score (nSPS) is 29.4. The summed E-state index contributed by atoms with van der Waals surface area (Å²) in [5.41, 5.74) is 9.36. The van der Waals surface area contributed by atoms with Crippen LogP contribution in [0.25, 0.3) is 11.1 Å². The monoisotopic (exact) mass is 381 g/mol. The molecule has 1 aromatic carbocycles. The van der Waals surface area contributed by atoms with E-state index in [1.807, 2.05) is 6.07 Å². The van der Waals surface area contributed by atoms with E-state index in [9.17, 15) is 9.18 Å². The fraction of sp³-hybridized carbons (Fsp3) is 0.381. The van der Waals surface area contributed by atoms with Gasteiger partial charge in [-0.2, -0.15) is 4.39 Å². The van der Waals surface area contributed by atoms with Crippen LogP contribution >= 0.6 is 11.8 Å². The van der Waals surface area contributed by atoms with Crippen molar-refractivity contribution in [3.63, 3.8) is 0 Å². The van der Waals surface area contributed by atoms with E-state index in [0.29, 0.717) is 41.2 Å². The van der Waals surface area contributed by atoms with Crippen LogP contribution < -0.4 is 5.73 Å². The van der Waals surface area contributed by atoms with Crippen molar-refractivity contribution in [3.8, 4) is 11.1 Å². The smallest absolute Gasteiger partial charge is 0.220 e. The Morgan fingerprint density at radius 3 is 2.93 bits per heavy atom. The Balaban J connectivity index is 1.68. The lowest BCUT2D eigenvalue weighted by molar-refractivity contribution is -0.123. The predicted octanol–water partition coefficient (Wildman–Crippen LogP) is 3.69. The molecule has 2 N–H and O–H groups in total. The van der Waals surface area contributed by atoms with Crippen molar-refractivity contribution in [1.82, 2.24) is 4.98 Å². The summed E-state index contributed by atoms with van der Waals surface area (Å²) < 4.78 is 14.2. The van der Waals surface area contributed by atoms with Gasteiger partial charge < -0.3 is 5.73 Å². The molecule has 2 heterocycles. The van der Waals surface area contributed by atoms with Crippen molar-refractivity contribution < 1.29 is 9.18 Å². The summed E-state index contributed by atoms with van der Waals surface area (Å²) in [7, 11) is 0. The number of halogens is 1. The molecule has 138 valence electrons. The van der Waals surface area contributed by atoms with E-state index in [0.717, 1.165) is 29.7 Å². The number of nitrogens with zero attached hydrogens (tertiary/aromatic N) is 2. The first-order valence-corrected chi connectivity index (χ1v) is 10.3. The lowest BCUT2D eigenvalue weighted by Crippen LogP contribution is -2.46. The highest BCUT2D eigenvalue weighted by molar-refractivity contribution is 8.14. The Hall–Kier alpha value is -2.21. The highest BCUT2D eigenvalue weighted by Crippen LogP contribution is 2.54. The van der Waals surface area contributed by atoms with E-state index in [1.165, 1.54) is 11.8 Å². The Morgan fingerprint density at radius 1 is 1.26 bits per heavy atom. The first-order valence-electron chi connectivity index (χ1n) is 9.31. The highest BCUT2D eigenvalue weighted by Gasteiger charge is 2.52. The van der Waals surface area contributed by atoms with Gasteiger partial charge in [-0.1, -0.05) is 23.9 Å². The number of amidine groups is 1. The van der Waals surface area contributed by atoms with E-state index < -0.39 is 11.5 Å². The average Bonchev–Trinajstić information content (AvgIpc) is 3.04. The zero-order valence-electron chi connectivity index (χ0n) is 14.8. The molecule has 6 heteroatoms. The summed E-state index contributed by atoms with van der Waals surface area (Å²) >= 11 is 1.58. The van der Waals surface area contributed by atoms with Crippen molar-refractivity contribution in [3.05, 3.63) is 53.6 Å². The van der Waals surface area contributed by atoms with Crippen molar-refractivity contribution in [2.45, 2.75) is 31.2 Å². The van der Waals surface area contributed by atoms with Crippen LogP contribution in [0.1, 0.15) is 30.4 Å². The van der Waals surface area contributed by atoms with Crippen LogP contribution in [0.15, 0.2) is 41.5 Å². The van der Waals surface area contributed by atoms with Crippen LogP contribution in [0, 0.1) is 17.8 Å². The molecule has 0 radical (unpaired) electrons. The zero-order valence-corrected chi connectivity index (χ0v) is 15.6. The number of rotatable bonds is 1. The quantitative estimate of drug-likeness (QED) is 0.765. The maximum atomic E-state index is 14.2. The maximum absolute atomic E-state index is 14.2. The molecule has 1 aromatic heterocycles. The molecule has 2 aromatic rings. The maximum Gasteiger partial charge on any atom is 0.220 e. The minimum Gasteiger partial charge on any atom is -0.379 e. The third-order valence-electron chi connectivity index (χ3n) is 6.28. The number of aromatic nitrogens is 1. The number of carbonyl (C=O) groups is 1. The molecule has 27 heavy (non-hydrogen) atoms. The van der Waals surface area contributed by atoms with Gasteiger partial charge in [-0.05, 0) is 59.6 Å². The van der Waals surface area contributed by atoms with Gasteiger partial charge in [0.25, 0.3) is 0 Å². The SMILES string of the molecule is NC1=NC2(CS1)c1cc(-c3cccnc3F)ccc1C[C@@H]1CC(=O)CC[C@H]12. The first-order chi connectivity index (χ1) is 13.1. The summed E-state index contributed by atoms with van der Waals surface area (Å²) in [6.45, 7) is 0. The summed E-state index contributed by atoms with van der Waals surface area (Å²) in [5, 5.41) is 0.608. The van der Waals surface area contributed by atoms with Crippen molar-refractivity contribution in [2.75, 3.05) is 5.75 Å². The van der Waals surface area contributed by atoms with Crippen LogP contribution in [-0.4, -0.2) is 21.7 Å². The van der Waals surface area contributed by atoms with E-state index in [2.05, 4.69) is 17.1 Å². The minimum atomic E-state index is -0.465. The van der Waals surface area contributed by atoms with Gasteiger partial charge in [0.05, 0.1) is 0 Å². The van der Waals surface area contributed by atoms with E-state index in [1.54, 1.807) is 23.9 Å². The Labute approximate surface area is 161 Å². The summed E-state index contributed by atoms with van der Waals surface area (Å²) in [4.78, 5) is 20.8. The van der Waals surface area contributed by atoms with Crippen LogP contribution in [-0.2, 0) is 16.8 Å². The van der Waals surface area contributed by atoms with Gasteiger partial charge in [-0.25, -0.2) is 4.98 Å². The second-order valence-electron chi connectivity index (χ2n) is 7.73. The van der Waals surface area contributed by atoms with Gasteiger partial charge in [0.2, 0.25) is 5.95 Å². The summed E-state index contributed by atoms with van der Waals surface area (Å²) in [6, 6.07) is 9.60. The Bertz CT molecular complexity index is 976. The van der Waals surface area contributed by atoms with Crippen LogP contribution in [0.2, 0.25) is 0 Å². The molecule has 2 aliphatic carbocycles. The molecule has 0 amide bonds. The number of Topliss-reactive ketones (excluding diaryl/α,β-unsaturated/α-hetero) is 1. The fourth-order valence-electron chi connectivity index (χ4n) is 5.11. The molecule has 0 saturated heterocycles. The molecular formula is C21H20FN3OS. The van der Waals surface area contributed by atoms with Crippen molar-refractivity contribution in [2.24, 2.45) is 22.6 Å². The molecule has 3 aliphatic rings. The van der Waals surface area contributed by atoms with Crippen LogP contribution in [0.3, 0.4) is 0 Å². The topological polar surface area (TPSA) is 68.3 Å². The van der Waals surface area contributed by atoms with Gasteiger partial charge in [0.15, 0.2) is 5.17 Å². The minimum absolute atomic E-state index is 0.310. The number of carbonyl (C=O) groups excluding carboxylic acids is 1. The number of fused-ring (bicyclic) bond motifs is 4. The molecular weight excluding hydrogens is 361 g/mol. The van der Waals surface area contributed by atoms with Gasteiger partial charge in [0.1, 0.15) is 11.3 Å². The lowest BCUT2D eigenvalue weighted by Gasteiger charge is -2.47. The van der Waals surface area contributed by atoms with E-state index >= 15 is 0 Å². The van der Waals surface area contributed by atoms with Gasteiger partial charge in [-0.15, -0.1) is 0 Å². The van der Waals surface area contributed by atoms with Crippen LogP contribution in [0.5, 0.6) is 0 Å². The third-order valence-corrected chi connectivity index (χ3v) is 7.26. The number of hydrogen-bond donors (Lipinski definition) is 1. The third kappa shape index (κ3) is 2.61. The number of benzene rings is 1. The number of thioether (sulfide) groups is 1.